The average molecular weight is 567 g/mol. The van der Waals surface area contributed by atoms with Crippen LogP contribution in [0.25, 0.3) is 6.08 Å². The van der Waals surface area contributed by atoms with Gasteiger partial charge in [0.05, 0.1) is 16.5 Å². The van der Waals surface area contributed by atoms with Gasteiger partial charge in [0, 0.05) is 5.69 Å². The lowest BCUT2D eigenvalue weighted by atomic mass is 10.1. The first kappa shape index (κ1) is 25.5. The van der Waals surface area contributed by atoms with Crippen LogP contribution in [-0.2, 0) is 16.2 Å². The number of halogens is 1. The van der Waals surface area contributed by atoms with Crippen molar-refractivity contribution in [3.63, 3.8) is 0 Å². The number of imide groups is 1. The summed E-state index contributed by atoms with van der Waals surface area (Å²) >= 11 is 4.30. The highest BCUT2D eigenvalue weighted by Gasteiger charge is 2.36. The van der Waals surface area contributed by atoms with E-state index in [4.69, 9.17) is 9.47 Å². The van der Waals surface area contributed by atoms with Gasteiger partial charge in [-0.05, 0) is 76.1 Å². The van der Waals surface area contributed by atoms with Crippen LogP contribution in [0.2, 0.25) is 0 Å². The van der Waals surface area contributed by atoms with Crippen molar-refractivity contribution in [1.82, 2.24) is 4.90 Å². The number of hydrogen-bond acceptors (Lipinski definition) is 6. The second-order valence-electron chi connectivity index (χ2n) is 7.99. The quantitative estimate of drug-likeness (QED) is 0.335. The lowest BCUT2D eigenvalue weighted by Gasteiger charge is -2.14. The molecule has 0 unspecified atom stereocenters. The molecule has 0 saturated carbocycles. The molecule has 0 aromatic heterocycles. The summed E-state index contributed by atoms with van der Waals surface area (Å²) in [4.78, 5) is 38.9. The van der Waals surface area contributed by atoms with Gasteiger partial charge in [-0.25, -0.2) is 0 Å². The Labute approximate surface area is 221 Å². The highest BCUT2D eigenvalue weighted by Crippen LogP contribution is 2.39. The third-order valence-electron chi connectivity index (χ3n) is 5.29. The minimum Gasteiger partial charge on any atom is -0.493 e. The SMILES string of the molecule is COc1cc(/C=C2/SC(=O)N(CC(=O)Nc3ccc(C)cc3)C2=O)cc(Br)c1OCc1ccccc1. The second kappa shape index (κ2) is 11.5. The van der Waals surface area contributed by atoms with Crippen LogP contribution < -0.4 is 14.8 Å². The van der Waals surface area contributed by atoms with E-state index < -0.39 is 17.1 Å². The molecule has 0 atom stereocenters. The standard InChI is InChI=1S/C27H23BrN2O5S/c1-17-8-10-20(11-9-17)29-24(31)15-30-26(32)23(36-27(30)33)14-19-12-21(28)25(22(13-19)34-2)35-16-18-6-4-3-5-7-18/h3-14H,15-16H2,1-2H3,(H,29,31)/b23-14+. The Morgan fingerprint density at radius 2 is 1.81 bits per heavy atom. The highest BCUT2D eigenvalue weighted by atomic mass is 79.9. The number of nitrogens with zero attached hydrogens (tertiary/aromatic N) is 1. The van der Waals surface area contributed by atoms with Gasteiger partial charge in [0.2, 0.25) is 5.91 Å². The number of carbonyl (C=O) groups is 3. The Kier molecular flexibility index (Phi) is 8.12. The van der Waals surface area contributed by atoms with Crippen LogP contribution >= 0.6 is 27.7 Å². The fourth-order valence-electron chi connectivity index (χ4n) is 3.46. The van der Waals surface area contributed by atoms with Crippen molar-refractivity contribution >= 4 is 56.5 Å². The molecule has 1 aliphatic rings. The fraction of sp³-hybridized carbons (Fsp3) is 0.148. The summed E-state index contributed by atoms with van der Waals surface area (Å²) in [5.41, 5.74) is 3.30. The van der Waals surface area contributed by atoms with Gasteiger partial charge in [-0.15, -0.1) is 0 Å². The summed E-state index contributed by atoms with van der Waals surface area (Å²) in [6.07, 6.45) is 1.59. The zero-order valence-corrected chi connectivity index (χ0v) is 22.0. The summed E-state index contributed by atoms with van der Waals surface area (Å²) in [5.74, 6) is 0.0259. The molecule has 1 N–H and O–H groups in total. The van der Waals surface area contributed by atoms with Crippen molar-refractivity contribution in [2.45, 2.75) is 13.5 Å². The zero-order chi connectivity index (χ0) is 25.7. The molecule has 1 saturated heterocycles. The molecule has 184 valence electrons. The predicted molar refractivity (Wildman–Crippen MR) is 144 cm³/mol. The van der Waals surface area contributed by atoms with E-state index in [1.165, 1.54) is 7.11 Å². The largest absolute Gasteiger partial charge is 0.493 e. The Balaban J connectivity index is 1.46. The molecule has 0 spiro atoms. The minimum absolute atomic E-state index is 0.218. The van der Waals surface area contributed by atoms with Crippen LogP contribution in [0, 0.1) is 6.92 Å². The Morgan fingerprint density at radius 1 is 1.08 bits per heavy atom. The topological polar surface area (TPSA) is 84.9 Å². The van der Waals surface area contributed by atoms with Gasteiger partial charge < -0.3 is 14.8 Å². The molecular formula is C27H23BrN2O5S. The average Bonchev–Trinajstić information content (AvgIpc) is 3.12. The van der Waals surface area contributed by atoms with Crippen molar-refractivity contribution in [3.8, 4) is 11.5 Å². The maximum atomic E-state index is 12.9. The number of methoxy groups -OCH3 is 1. The molecule has 0 bridgehead atoms. The van der Waals surface area contributed by atoms with E-state index in [0.29, 0.717) is 33.8 Å². The van der Waals surface area contributed by atoms with Gasteiger partial charge in [0.15, 0.2) is 11.5 Å². The van der Waals surface area contributed by atoms with Crippen LogP contribution in [0.1, 0.15) is 16.7 Å². The van der Waals surface area contributed by atoms with Gasteiger partial charge in [0.1, 0.15) is 13.2 Å². The van der Waals surface area contributed by atoms with Crippen molar-refractivity contribution in [2.24, 2.45) is 0 Å². The molecule has 3 aromatic carbocycles. The number of hydrogen-bond donors (Lipinski definition) is 1. The first-order valence-corrected chi connectivity index (χ1v) is 12.6. The normalized spacial score (nSPS) is 14.3. The minimum atomic E-state index is -0.524. The Bertz CT molecular complexity index is 1330. The second-order valence-corrected chi connectivity index (χ2v) is 9.84. The molecule has 4 rings (SSSR count). The van der Waals surface area contributed by atoms with Crippen molar-refractivity contribution in [2.75, 3.05) is 19.0 Å². The van der Waals surface area contributed by atoms with E-state index >= 15 is 0 Å². The van der Waals surface area contributed by atoms with Crippen molar-refractivity contribution < 1.29 is 23.9 Å². The smallest absolute Gasteiger partial charge is 0.294 e. The number of carbonyl (C=O) groups excluding carboxylic acids is 3. The number of rotatable bonds is 8. The number of anilines is 1. The van der Waals surface area contributed by atoms with Crippen molar-refractivity contribution in [1.29, 1.82) is 0 Å². The summed E-state index contributed by atoms with van der Waals surface area (Å²) in [6.45, 7) is 1.94. The molecule has 3 aromatic rings. The number of aryl methyl sites for hydroxylation is 1. The first-order valence-electron chi connectivity index (χ1n) is 11.0. The number of ether oxygens (including phenoxy) is 2. The summed E-state index contributed by atoms with van der Waals surface area (Å²) in [6, 6.07) is 20.5. The van der Waals surface area contributed by atoms with E-state index in [1.54, 1.807) is 30.3 Å². The predicted octanol–water partition coefficient (Wildman–Crippen LogP) is 6.02. The van der Waals surface area contributed by atoms with Crippen LogP contribution in [0.5, 0.6) is 11.5 Å². The lowest BCUT2D eigenvalue weighted by Crippen LogP contribution is -2.36. The molecule has 0 aliphatic carbocycles. The third kappa shape index (κ3) is 6.16. The Hall–Kier alpha value is -3.56. The molecule has 1 aliphatic heterocycles. The van der Waals surface area contributed by atoms with Gasteiger partial charge >= 0.3 is 0 Å². The molecule has 36 heavy (non-hydrogen) atoms. The molecule has 3 amide bonds. The van der Waals surface area contributed by atoms with E-state index in [9.17, 15) is 14.4 Å². The number of nitrogens with one attached hydrogen (secondary N) is 1. The fourth-order valence-corrected chi connectivity index (χ4v) is 4.87. The van der Waals surface area contributed by atoms with Gasteiger partial charge in [0.25, 0.3) is 11.1 Å². The van der Waals surface area contributed by atoms with E-state index in [0.717, 1.165) is 27.8 Å². The highest BCUT2D eigenvalue weighted by molar-refractivity contribution is 9.10. The lowest BCUT2D eigenvalue weighted by molar-refractivity contribution is -0.127. The maximum absolute atomic E-state index is 12.9. The van der Waals surface area contributed by atoms with Gasteiger partial charge in [-0.2, -0.15) is 0 Å². The third-order valence-corrected chi connectivity index (χ3v) is 6.78. The molecule has 0 radical (unpaired) electrons. The van der Waals surface area contributed by atoms with Crippen molar-refractivity contribution in [3.05, 3.63) is 92.8 Å². The first-order chi connectivity index (χ1) is 17.3. The van der Waals surface area contributed by atoms with E-state index in [1.807, 2.05) is 49.4 Å². The van der Waals surface area contributed by atoms with Gasteiger partial charge in [-0.3, -0.25) is 19.3 Å². The van der Waals surface area contributed by atoms with E-state index in [-0.39, 0.29) is 11.4 Å². The molecule has 1 heterocycles. The van der Waals surface area contributed by atoms with Crippen LogP contribution in [0.4, 0.5) is 10.5 Å². The van der Waals surface area contributed by atoms with E-state index in [2.05, 4.69) is 21.2 Å². The number of benzene rings is 3. The molecule has 1 fully saturated rings. The van der Waals surface area contributed by atoms with Crippen LogP contribution in [0.15, 0.2) is 76.1 Å². The number of thioether (sulfide) groups is 1. The summed E-state index contributed by atoms with van der Waals surface area (Å²) < 4.78 is 12.1. The molecule has 9 heteroatoms. The monoisotopic (exact) mass is 566 g/mol. The molecular weight excluding hydrogens is 544 g/mol. The summed E-state index contributed by atoms with van der Waals surface area (Å²) in [7, 11) is 1.53. The summed E-state index contributed by atoms with van der Waals surface area (Å²) in [5, 5.41) is 2.20. The number of amides is 3. The zero-order valence-electron chi connectivity index (χ0n) is 19.6. The maximum Gasteiger partial charge on any atom is 0.294 e. The van der Waals surface area contributed by atoms with Gasteiger partial charge in [-0.1, -0.05) is 48.0 Å². The molecule has 7 nitrogen and oxygen atoms in total. The van der Waals surface area contributed by atoms with Crippen LogP contribution in [-0.4, -0.2) is 35.6 Å². The van der Waals surface area contributed by atoms with Crippen LogP contribution in [0.3, 0.4) is 0 Å². The Morgan fingerprint density at radius 3 is 2.50 bits per heavy atom.